The maximum absolute atomic E-state index is 6.21. The summed E-state index contributed by atoms with van der Waals surface area (Å²) < 4.78 is 0. The molecule has 0 amide bonds. The number of aryl methyl sites for hydroxylation is 1. The molecule has 0 spiro atoms. The van der Waals surface area contributed by atoms with Crippen molar-refractivity contribution in [3.8, 4) is 0 Å². The maximum atomic E-state index is 6.21. The summed E-state index contributed by atoms with van der Waals surface area (Å²) in [6, 6.07) is 11.3. The minimum atomic E-state index is 0.000895. The predicted octanol–water partition coefficient (Wildman–Crippen LogP) is 6.44. The van der Waals surface area contributed by atoms with Crippen LogP contribution in [0.5, 0.6) is 0 Å². The third-order valence-corrected chi connectivity index (χ3v) is 4.54. The van der Waals surface area contributed by atoms with Gasteiger partial charge in [0.05, 0.1) is 4.83 Å². The van der Waals surface area contributed by atoms with Gasteiger partial charge in [-0.2, -0.15) is 0 Å². The van der Waals surface area contributed by atoms with Gasteiger partial charge in [-0.3, -0.25) is 0 Å². The Morgan fingerprint density at radius 3 is 2.17 bits per heavy atom. The molecule has 0 heterocycles. The highest BCUT2D eigenvalue weighted by Crippen LogP contribution is 2.38. The molecule has 0 aliphatic heterocycles. The van der Waals surface area contributed by atoms with Crippen molar-refractivity contribution in [3.05, 3.63) is 68.2 Å². The molecule has 0 nitrogen and oxygen atoms in total. The Bertz CT molecular complexity index is 581. The molecule has 1 unspecified atom stereocenters. The highest BCUT2D eigenvalue weighted by atomic mass is 79.9. The molecule has 0 aliphatic rings. The van der Waals surface area contributed by atoms with Crippen molar-refractivity contribution in [2.75, 3.05) is 0 Å². The zero-order chi connectivity index (χ0) is 13.3. The van der Waals surface area contributed by atoms with E-state index in [-0.39, 0.29) is 4.83 Å². The summed E-state index contributed by atoms with van der Waals surface area (Å²) >= 11 is 21.9. The summed E-state index contributed by atoms with van der Waals surface area (Å²) in [5.41, 5.74) is 3.19. The fourth-order valence-electron chi connectivity index (χ4n) is 1.80. The van der Waals surface area contributed by atoms with Crippen LogP contribution in [0.3, 0.4) is 0 Å². The van der Waals surface area contributed by atoms with Crippen LogP contribution >= 0.6 is 50.7 Å². The minimum Gasteiger partial charge on any atom is -0.0843 e. The van der Waals surface area contributed by atoms with E-state index in [1.54, 1.807) is 12.1 Å². The van der Waals surface area contributed by atoms with Crippen LogP contribution in [0.2, 0.25) is 15.1 Å². The van der Waals surface area contributed by atoms with E-state index in [0.29, 0.717) is 10.0 Å². The van der Waals surface area contributed by atoms with Crippen molar-refractivity contribution in [1.82, 2.24) is 0 Å². The molecule has 0 saturated carbocycles. The lowest BCUT2D eigenvalue weighted by Crippen LogP contribution is -1.97. The van der Waals surface area contributed by atoms with E-state index in [4.69, 9.17) is 34.8 Å². The number of benzene rings is 2. The summed E-state index contributed by atoms with van der Waals surface area (Å²) in [7, 11) is 0. The zero-order valence-electron chi connectivity index (χ0n) is 9.55. The van der Waals surface area contributed by atoms with Gasteiger partial charge in [-0.1, -0.05) is 56.8 Å². The first-order valence-electron chi connectivity index (χ1n) is 5.34. The van der Waals surface area contributed by atoms with E-state index in [1.165, 1.54) is 0 Å². The van der Waals surface area contributed by atoms with E-state index < -0.39 is 0 Å². The first kappa shape index (κ1) is 14.2. The van der Waals surface area contributed by atoms with Crippen molar-refractivity contribution in [3.63, 3.8) is 0 Å². The molecular weight excluding hydrogens is 354 g/mol. The molecule has 0 radical (unpaired) electrons. The second kappa shape index (κ2) is 5.83. The van der Waals surface area contributed by atoms with Gasteiger partial charge < -0.3 is 0 Å². The molecule has 0 aromatic heterocycles. The van der Waals surface area contributed by atoms with Crippen LogP contribution in [-0.2, 0) is 0 Å². The van der Waals surface area contributed by atoms with Crippen LogP contribution < -0.4 is 0 Å². The van der Waals surface area contributed by atoms with E-state index in [0.717, 1.165) is 21.7 Å². The number of rotatable bonds is 2. The molecule has 0 bridgehead atoms. The zero-order valence-corrected chi connectivity index (χ0v) is 13.4. The van der Waals surface area contributed by atoms with Crippen LogP contribution in [0.1, 0.15) is 21.5 Å². The summed E-state index contributed by atoms with van der Waals surface area (Å²) in [5, 5.41) is 2.09. The van der Waals surface area contributed by atoms with Gasteiger partial charge in [-0.05, 0) is 53.9 Å². The topological polar surface area (TPSA) is 0 Å². The Morgan fingerprint density at radius 2 is 1.50 bits per heavy atom. The molecule has 0 N–H and O–H groups in total. The van der Waals surface area contributed by atoms with E-state index in [9.17, 15) is 0 Å². The minimum absolute atomic E-state index is 0.000895. The van der Waals surface area contributed by atoms with E-state index >= 15 is 0 Å². The summed E-state index contributed by atoms with van der Waals surface area (Å²) in [4.78, 5) is 0.000895. The molecule has 2 aromatic carbocycles. The molecule has 1 atom stereocenters. The lowest BCUT2D eigenvalue weighted by Gasteiger charge is -2.15. The lowest BCUT2D eigenvalue weighted by atomic mass is 10.0. The highest BCUT2D eigenvalue weighted by Gasteiger charge is 2.16. The summed E-state index contributed by atoms with van der Waals surface area (Å²) in [6.45, 7) is 2.02. The maximum Gasteiger partial charge on any atom is 0.0662 e. The van der Waals surface area contributed by atoms with Gasteiger partial charge in [0.2, 0.25) is 0 Å². The quantitative estimate of drug-likeness (QED) is 0.538. The number of hydrogen-bond acceptors (Lipinski definition) is 0. The molecule has 2 aromatic rings. The Labute approximate surface area is 130 Å². The van der Waals surface area contributed by atoms with Crippen LogP contribution in [0, 0.1) is 6.92 Å². The average molecular weight is 364 g/mol. The molecule has 0 saturated heterocycles. The SMILES string of the molecule is Cc1cc(Cl)ccc1C(Br)c1cc(Cl)ccc1Cl. The van der Waals surface area contributed by atoms with Crippen LogP contribution in [0.4, 0.5) is 0 Å². The molecule has 94 valence electrons. The van der Waals surface area contributed by atoms with Gasteiger partial charge in [0.15, 0.2) is 0 Å². The van der Waals surface area contributed by atoms with Crippen molar-refractivity contribution < 1.29 is 0 Å². The third-order valence-electron chi connectivity index (χ3n) is 2.74. The second-order valence-corrected chi connectivity index (χ2v) is 6.23. The largest absolute Gasteiger partial charge is 0.0843 e. The third kappa shape index (κ3) is 3.03. The van der Waals surface area contributed by atoms with Gasteiger partial charge >= 0.3 is 0 Å². The standard InChI is InChI=1S/C14H10BrCl3/c1-8-6-9(16)2-4-11(8)14(15)12-7-10(17)3-5-13(12)18/h2-7,14H,1H3. The number of alkyl halides is 1. The summed E-state index contributed by atoms with van der Waals surface area (Å²) in [5.74, 6) is 0. The molecule has 2 rings (SSSR count). The first-order chi connectivity index (χ1) is 8.49. The van der Waals surface area contributed by atoms with Crippen molar-refractivity contribution in [2.24, 2.45) is 0 Å². The van der Waals surface area contributed by atoms with Gasteiger partial charge in [0, 0.05) is 15.1 Å². The van der Waals surface area contributed by atoms with Crippen LogP contribution in [0.25, 0.3) is 0 Å². The number of hydrogen-bond donors (Lipinski definition) is 0. The average Bonchev–Trinajstić information content (AvgIpc) is 2.31. The smallest absolute Gasteiger partial charge is 0.0662 e. The Balaban J connectivity index is 2.47. The Hall–Kier alpha value is -0.210. The molecule has 0 aliphatic carbocycles. The Kier molecular flexibility index (Phi) is 4.60. The molecular formula is C14H10BrCl3. The highest BCUT2D eigenvalue weighted by molar-refractivity contribution is 9.09. The second-order valence-electron chi connectivity index (χ2n) is 4.03. The van der Waals surface area contributed by atoms with Gasteiger partial charge in [0.1, 0.15) is 0 Å². The summed E-state index contributed by atoms with van der Waals surface area (Å²) in [6.07, 6.45) is 0. The van der Waals surface area contributed by atoms with Crippen LogP contribution in [-0.4, -0.2) is 0 Å². The van der Waals surface area contributed by atoms with Crippen molar-refractivity contribution >= 4 is 50.7 Å². The molecule has 18 heavy (non-hydrogen) atoms. The molecule has 4 heteroatoms. The fourth-order valence-corrected chi connectivity index (χ4v) is 3.46. The fraction of sp³-hybridized carbons (Fsp3) is 0.143. The number of halogens is 4. The monoisotopic (exact) mass is 362 g/mol. The lowest BCUT2D eigenvalue weighted by molar-refractivity contribution is 1.14. The van der Waals surface area contributed by atoms with E-state index in [1.807, 2.05) is 31.2 Å². The van der Waals surface area contributed by atoms with Gasteiger partial charge in [0.25, 0.3) is 0 Å². The van der Waals surface area contributed by atoms with Crippen molar-refractivity contribution in [1.29, 1.82) is 0 Å². The van der Waals surface area contributed by atoms with E-state index in [2.05, 4.69) is 15.9 Å². The first-order valence-corrected chi connectivity index (χ1v) is 7.39. The normalized spacial score (nSPS) is 12.5. The Morgan fingerprint density at radius 1 is 0.889 bits per heavy atom. The predicted molar refractivity (Wildman–Crippen MR) is 83.4 cm³/mol. The van der Waals surface area contributed by atoms with Gasteiger partial charge in [-0.25, -0.2) is 0 Å². The van der Waals surface area contributed by atoms with Crippen LogP contribution in [0.15, 0.2) is 36.4 Å². The van der Waals surface area contributed by atoms with Gasteiger partial charge in [-0.15, -0.1) is 0 Å². The van der Waals surface area contributed by atoms with Crippen molar-refractivity contribution in [2.45, 2.75) is 11.8 Å². The molecule has 0 fully saturated rings.